The molecule has 1 atom stereocenters. The van der Waals surface area contributed by atoms with E-state index >= 15 is 0 Å². The van der Waals surface area contributed by atoms with Crippen LogP contribution in [0.1, 0.15) is 27.7 Å². The van der Waals surface area contributed by atoms with Crippen molar-refractivity contribution in [3.8, 4) is 0 Å². The molecule has 0 bridgehead atoms. The number of nitrogens with zero attached hydrogens (tertiary/aromatic N) is 1. The predicted octanol–water partition coefficient (Wildman–Crippen LogP) is 0.230. The van der Waals surface area contributed by atoms with E-state index in [0.29, 0.717) is 32.1 Å². The molecule has 0 spiro atoms. The van der Waals surface area contributed by atoms with Gasteiger partial charge in [-0.15, -0.1) is 0 Å². The maximum atomic E-state index is 11.8. The molecule has 1 saturated heterocycles. The van der Waals surface area contributed by atoms with Crippen LogP contribution in [-0.4, -0.2) is 60.4 Å². The van der Waals surface area contributed by atoms with Crippen LogP contribution in [0, 0.1) is 5.92 Å². The molecule has 1 fully saturated rings. The monoisotopic (exact) mass is 258 g/mol. The van der Waals surface area contributed by atoms with E-state index in [0.717, 1.165) is 0 Å². The van der Waals surface area contributed by atoms with Crippen molar-refractivity contribution in [1.82, 2.24) is 10.2 Å². The highest BCUT2D eigenvalue weighted by molar-refractivity contribution is 5.78. The van der Waals surface area contributed by atoms with Crippen LogP contribution in [0.3, 0.4) is 0 Å². The van der Waals surface area contributed by atoms with Gasteiger partial charge in [0.1, 0.15) is 0 Å². The van der Waals surface area contributed by atoms with Gasteiger partial charge in [-0.2, -0.15) is 0 Å². The van der Waals surface area contributed by atoms with E-state index < -0.39 is 0 Å². The normalized spacial score (nSPS) is 24.2. The maximum Gasteiger partial charge on any atom is 0.234 e. The first-order valence-corrected chi connectivity index (χ1v) is 6.60. The van der Waals surface area contributed by atoms with E-state index in [9.17, 15) is 9.90 Å². The number of amides is 1. The Morgan fingerprint density at radius 2 is 2.22 bits per heavy atom. The summed E-state index contributed by atoms with van der Waals surface area (Å²) in [5.41, 5.74) is -0.316. The van der Waals surface area contributed by atoms with Gasteiger partial charge < -0.3 is 15.2 Å². The van der Waals surface area contributed by atoms with Gasteiger partial charge in [-0.1, -0.05) is 13.8 Å². The second-order valence-corrected chi connectivity index (χ2v) is 6.05. The number of hydrogen-bond donors (Lipinski definition) is 2. The molecule has 0 aromatic rings. The van der Waals surface area contributed by atoms with Crippen LogP contribution in [0.2, 0.25) is 0 Å². The molecule has 2 N–H and O–H groups in total. The second kappa shape index (κ2) is 6.50. The first kappa shape index (κ1) is 15.4. The van der Waals surface area contributed by atoms with Gasteiger partial charge in [0, 0.05) is 19.6 Å². The van der Waals surface area contributed by atoms with Crippen molar-refractivity contribution in [3.63, 3.8) is 0 Å². The molecule has 1 rings (SSSR count). The van der Waals surface area contributed by atoms with Crippen molar-refractivity contribution in [2.75, 3.05) is 32.8 Å². The van der Waals surface area contributed by atoms with Crippen molar-refractivity contribution in [1.29, 1.82) is 0 Å². The lowest BCUT2D eigenvalue weighted by Crippen LogP contribution is -2.55. The third-order valence-electron chi connectivity index (χ3n) is 2.83. The van der Waals surface area contributed by atoms with Gasteiger partial charge in [-0.25, -0.2) is 0 Å². The zero-order valence-electron chi connectivity index (χ0n) is 11.9. The first-order chi connectivity index (χ1) is 8.32. The first-order valence-electron chi connectivity index (χ1n) is 6.60. The lowest BCUT2D eigenvalue weighted by Gasteiger charge is -2.42. The number of nitrogens with one attached hydrogen (secondary N) is 1. The van der Waals surface area contributed by atoms with Gasteiger partial charge in [0.15, 0.2) is 0 Å². The molecule has 1 heterocycles. The Balaban J connectivity index is 2.43. The fraction of sp³-hybridized carbons (Fsp3) is 0.923. The molecule has 5 heteroatoms. The topological polar surface area (TPSA) is 61.8 Å². The molecular formula is C13H26N2O3. The fourth-order valence-electron chi connectivity index (χ4n) is 2.21. The Labute approximate surface area is 109 Å². The summed E-state index contributed by atoms with van der Waals surface area (Å²) in [7, 11) is 0. The molecule has 1 aliphatic rings. The van der Waals surface area contributed by atoms with Crippen LogP contribution in [-0.2, 0) is 9.53 Å². The molecule has 0 aliphatic carbocycles. The summed E-state index contributed by atoms with van der Waals surface area (Å²) >= 11 is 0. The molecule has 1 aliphatic heterocycles. The number of hydrogen-bond acceptors (Lipinski definition) is 4. The summed E-state index contributed by atoms with van der Waals surface area (Å²) in [5, 5.41) is 12.1. The lowest BCUT2D eigenvalue weighted by atomic mass is 10.1. The Kier molecular flexibility index (Phi) is 5.56. The zero-order valence-corrected chi connectivity index (χ0v) is 11.9. The average molecular weight is 258 g/mol. The predicted molar refractivity (Wildman–Crippen MR) is 70.3 cm³/mol. The van der Waals surface area contributed by atoms with Crippen molar-refractivity contribution in [2.24, 2.45) is 5.92 Å². The van der Waals surface area contributed by atoms with Crippen LogP contribution in [0.4, 0.5) is 0 Å². The number of aliphatic hydroxyl groups excluding tert-OH is 1. The van der Waals surface area contributed by atoms with Crippen molar-refractivity contribution < 1.29 is 14.6 Å². The van der Waals surface area contributed by atoms with Gasteiger partial charge in [0.05, 0.1) is 24.9 Å². The minimum Gasteiger partial charge on any atom is -0.394 e. The Hall–Kier alpha value is -0.650. The molecule has 0 radical (unpaired) electrons. The highest BCUT2D eigenvalue weighted by atomic mass is 16.5. The van der Waals surface area contributed by atoms with E-state index in [1.54, 1.807) is 0 Å². The van der Waals surface area contributed by atoms with Crippen LogP contribution in [0.5, 0.6) is 0 Å². The lowest BCUT2D eigenvalue weighted by molar-refractivity contribution is -0.153. The summed E-state index contributed by atoms with van der Waals surface area (Å²) in [4.78, 5) is 13.8. The van der Waals surface area contributed by atoms with Crippen molar-refractivity contribution >= 4 is 5.91 Å². The van der Waals surface area contributed by atoms with E-state index in [1.165, 1.54) is 0 Å². The largest absolute Gasteiger partial charge is 0.394 e. The fourth-order valence-corrected chi connectivity index (χ4v) is 2.21. The average Bonchev–Trinajstić information content (AvgIpc) is 2.24. The molecule has 0 aromatic heterocycles. The third kappa shape index (κ3) is 5.33. The summed E-state index contributed by atoms with van der Waals surface area (Å²) in [6.07, 6.45) is -0.202. The summed E-state index contributed by atoms with van der Waals surface area (Å²) in [5.74, 6) is 0.498. The SMILES string of the molecule is CC(C)CNC(=O)CN1CC(CO)OC(C)(C)C1. The molecule has 106 valence electrons. The molecule has 18 heavy (non-hydrogen) atoms. The number of aliphatic hydroxyl groups is 1. The Morgan fingerprint density at radius 1 is 1.56 bits per heavy atom. The van der Waals surface area contributed by atoms with E-state index in [2.05, 4.69) is 19.2 Å². The second-order valence-electron chi connectivity index (χ2n) is 6.05. The van der Waals surface area contributed by atoms with Crippen LogP contribution in [0.15, 0.2) is 0 Å². The highest BCUT2D eigenvalue weighted by Gasteiger charge is 2.33. The summed E-state index contributed by atoms with van der Waals surface area (Å²) in [6.45, 7) is 10.5. The summed E-state index contributed by atoms with van der Waals surface area (Å²) in [6, 6.07) is 0. The van der Waals surface area contributed by atoms with Gasteiger partial charge in [-0.3, -0.25) is 9.69 Å². The Bertz CT molecular complexity index is 279. The van der Waals surface area contributed by atoms with Gasteiger partial charge in [0.25, 0.3) is 0 Å². The standard InChI is InChI=1S/C13H26N2O3/c1-10(2)5-14-12(17)7-15-6-11(8-16)18-13(3,4)9-15/h10-11,16H,5-9H2,1-4H3,(H,14,17). The number of rotatable bonds is 5. The van der Waals surface area contributed by atoms with Crippen LogP contribution in [0.25, 0.3) is 0 Å². The highest BCUT2D eigenvalue weighted by Crippen LogP contribution is 2.20. The van der Waals surface area contributed by atoms with Crippen LogP contribution < -0.4 is 5.32 Å². The smallest absolute Gasteiger partial charge is 0.234 e. The molecule has 1 amide bonds. The van der Waals surface area contributed by atoms with Gasteiger partial charge in [0.2, 0.25) is 5.91 Å². The van der Waals surface area contributed by atoms with E-state index in [4.69, 9.17) is 4.74 Å². The quantitative estimate of drug-likeness (QED) is 0.741. The molecule has 1 unspecified atom stereocenters. The van der Waals surface area contributed by atoms with E-state index in [-0.39, 0.29) is 24.2 Å². The summed E-state index contributed by atoms with van der Waals surface area (Å²) < 4.78 is 5.71. The maximum absolute atomic E-state index is 11.8. The van der Waals surface area contributed by atoms with Gasteiger partial charge in [-0.05, 0) is 19.8 Å². The van der Waals surface area contributed by atoms with Crippen molar-refractivity contribution in [3.05, 3.63) is 0 Å². The van der Waals surface area contributed by atoms with Crippen molar-refractivity contribution in [2.45, 2.75) is 39.4 Å². The number of ether oxygens (including phenoxy) is 1. The third-order valence-corrected chi connectivity index (χ3v) is 2.83. The Morgan fingerprint density at radius 3 is 2.78 bits per heavy atom. The van der Waals surface area contributed by atoms with Crippen LogP contribution >= 0.6 is 0 Å². The zero-order chi connectivity index (χ0) is 13.8. The van der Waals surface area contributed by atoms with E-state index in [1.807, 2.05) is 18.7 Å². The number of carbonyl (C=O) groups is 1. The minimum absolute atomic E-state index is 0.00641. The number of morpholine rings is 1. The molecule has 0 saturated carbocycles. The number of carbonyl (C=O) groups excluding carboxylic acids is 1. The molecular weight excluding hydrogens is 232 g/mol. The molecule has 0 aromatic carbocycles. The van der Waals surface area contributed by atoms with Gasteiger partial charge >= 0.3 is 0 Å². The molecule has 5 nitrogen and oxygen atoms in total. The minimum atomic E-state index is -0.316.